The van der Waals surface area contributed by atoms with Gasteiger partial charge in [-0.25, -0.2) is 4.98 Å². The van der Waals surface area contributed by atoms with Gasteiger partial charge in [0.05, 0.1) is 16.3 Å². The van der Waals surface area contributed by atoms with E-state index in [9.17, 15) is 4.79 Å². The summed E-state index contributed by atoms with van der Waals surface area (Å²) in [7, 11) is 0. The smallest absolute Gasteiger partial charge is 0.261 e. The summed E-state index contributed by atoms with van der Waals surface area (Å²) < 4.78 is 1.83. The number of nitrogens with zero attached hydrogens (tertiary/aromatic N) is 2. The van der Waals surface area contributed by atoms with Gasteiger partial charge in [-0.05, 0) is 30.9 Å². The summed E-state index contributed by atoms with van der Waals surface area (Å²) in [6, 6.07) is 7.62. The predicted octanol–water partition coefficient (Wildman–Crippen LogP) is 4.69. The van der Waals surface area contributed by atoms with Crippen LogP contribution in [0.4, 0.5) is 0 Å². The average Bonchev–Trinajstić information content (AvgIpc) is 2.49. The molecule has 2 rings (SSSR count). The number of hydrogen-bond donors (Lipinski definition) is 0. The molecule has 0 saturated carbocycles. The first kappa shape index (κ1) is 16.0. The van der Waals surface area contributed by atoms with Crippen LogP contribution < -0.4 is 5.56 Å². The Morgan fingerprint density at radius 2 is 1.86 bits per heavy atom. The van der Waals surface area contributed by atoms with Gasteiger partial charge in [-0.3, -0.25) is 9.36 Å². The van der Waals surface area contributed by atoms with Crippen LogP contribution in [0.1, 0.15) is 57.8 Å². The van der Waals surface area contributed by atoms with Crippen molar-refractivity contribution in [1.29, 1.82) is 0 Å². The summed E-state index contributed by atoms with van der Waals surface area (Å²) in [5.74, 6) is 1.05. The summed E-state index contributed by atoms with van der Waals surface area (Å²) in [6.45, 7) is 8.38. The van der Waals surface area contributed by atoms with Gasteiger partial charge in [0.15, 0.2) is 0 Å². The van der Waals surface area contributed by atoms with Gasteiger partial charge in [0.25, 0.3) is 5.56 Å². The van der Waals surface area contributed by atoms with Crippen molar-refractivity contribution in [2.75, 3.05) is 0 Å². The number of para-hydroxylation sites is 1. The lowest BCUT2D eigenvalue weighted by Gasteiger charge is -2.26. The maximum absolute atomic E-state index is 12.9. The van der Waals surface area contributed by atoms with Crippen LogP contribution in [-0.2, 0) is 0 Å². The molecule has 0 N–H and O–H groups in total. The molecule has 114 valence electrons. The highest BCUT2D eigenvalue weighted by Crippen LogP contribution is 2.29. The molecule has 0 spiro atoms. The van der Waals surface area contributed by atoms with Crippen molar-refractivity contribution < 1.29 is 0 Å². The van der Waals surface area contributed by atoms with Crippen LogP contribution in [0.15, 0.2) is 29.1 Å². The molecule has 0 aliphatic rings. The molecule has 0 saturated heterocycles. The van der Waals surface area contributed by atoms with E-state index in [0.717, 1.165) is 18.4 Å². The normalized spacial score (nSPS) is 14.6. The number of halogens is 1. The minimum atomic E-state index is -0.241. The molecule has 0 aliphatic carbocycles. The molecule has 2 aromatic rings. The van der Waals surface area contributed by atoms with E-state index in [1.165, 1.54) is 0 Å². The zero-order valence-corrected chi connectivity index (χ0v) is 13.9. The molecule has 0 amide bonds. The van der Waals surface area contributed by atoms with Crippen molar-refractivity contribution in [2.45, 2.75) is 52.0 Å². The van der Waals surface area contributed by atoms with Crippen molar-refractivity contribution in [2.24, 2.45) is 5.92 Å². The minimum absolute atomic E-state index is 0.0234. The highest BCUT2D eigenvalue weighted by atomic mass is 35.5. The number of rotatable bonds is 5. The zero-order chi connectivity index (χ0) is 15.6. The predicted molar refractivity (Wildman–Crippen MR) is 89.1 cm³/mol. The van der Waals surface area contributed by atoms with Crippen molar-refractivity contribution in [3.63, 3.8) is 0 Å². The molecule has 0 fully saturated rings. The molecular formula is C17H23ClN2O. The fourth-order valence-corrected chi connectivity index (χ4v) is 2.99. The molecule has 3 nitrogen and oxygen atoms in total. The lowest BCUT2D eigenvalue weighted by Crippen LogP contribution is -2.32. The van der Waals surface area contributed by atoms with Gasteiger partial charge in [0.2, 0.25) is 0 Å². The minimum Gasteiger partial charge on any atom is -0.292 e. The second-order valence-electron chi connectivity index (χ2n) is 5.76. The Kier molecular flexibility index (Phi) is 5.04. The van der Waals surface area contributed by atoms with E-state index < -0.39 is 0 Å². The first-order valence-corrected chi connectivity index (χ1v) is 8.10. The van der Waals surface area contributed by atoms with Crippen LogP contribution in [0.25, 0.3) is 10.9 Å². The van der Waals surface area contributed by atoms with Crippen LogP contribution >= 0.6 is 11.6 Å². The monoisotopic (exact) mass is 306 g/mol. The zero-order valence-electron chi connectivity index (χ0n) is 13.1. The molecule has 1 aromatic carbocycles. The fraction of sp³-hybridized carbons (Fsp3) is 0.529. The number of fused-ring (bicyclic) bond motifs is 1. The van der Waals surface area contributed by atoms with Gasteiger partial charge in [0.1, 0.15) is 5.82 Å². The van der Waals surface area contributed by atoms with Crippen molar-refractivity contribution in [1.82, 2.24) is 9.55 Å². The Morgan fingerprint density at radius 1 is 1.19 bits per heavy atom. The molecule has 21 heavy (non-hydrogen) atoms. The molecule has 2 atom stereocenters. The lowest BCUT2D eigenvalue weighted by molar-refractivity contribution is 0.343. The Labute approximate surface area is 131 Å². The standard InChI is InChI=1S/C17H23ClN2O/c1-5-13(18)16-19-14-10-8-7-9-12(14)17(21)20(16)15(6-2)11(3)4/h7-11,13,15H,5-6H2,1-4H3. The van der Waals surface area contributed by atoms with Crippen molar-refractivity contribution >= 4 is 22.5 Å². The average molecular weight is 307 g/mol. The first-order chi connectivity index (χ1) is 10.0. The summed E-state index contributed by atoms with van der Waals surface area (Å²) in [4.78, 5) is 17.6. The molecule has 2 unspecified atom stereocenters. The fourth-order valence-electron chi connectivity index (χ4n) is 2.84. The summed E-state index contributed by atoms with van der Waals surface area (Å²) in [5, 5.41) is 0.426. The molecule has 1 aromatic heterocycles. The lowest BCUT2D eigenvalue weighted by atomic mass is 10.0. The van der Waals surface area contributed by atoms with Crippen LogP contribution in [0.3, 0.4) is 0 Å². The van der Waals surface area contributed by atoms with Gasteiger partial charge in [0, 0.05) is 6.04 Å². The number of alkyl halides is 1. The summed E-state index contributed by atoms with van der Waals surface area (Å²) in [5.41, 5.74) is 0.752. The second kappa shape index (κ2) is 6.61. The van der Waals surface area contributed by atoms with E-state index >= 15 is 0 Å². The summed E-state index contributed by atoms with van der Waals surface area (Å²) in [6.07, 6.45) is 1.64. The van der Waals surface area contributed by atoms with Gasteiger partial charge in [-0.2, -0.15) is 0 Å². The number of aromatic nitrogens is 2. The molecule has 0 bridgehead atoms. The third-order valence-corrected chi connectivity index (χ3v) is 4.50. The largest absolute Gasteiger partial charge is 0.292 e. The van der Waals surface area contributed by atoms with Crippen molar-refractivity contribution in [3.05, 3.63) is 40.4 Å². The van der Waals surface area contributed by atoms with Gasteiger partial charge >= 0.3 is 0 Å². The van der Waals surface area contributed by atoms with Crippen LogP contribution in [0.2, 0.25) is 0 Å². The highest BCUT2D eigenvalue weighted by Gasteiger charge is 2.23. The van der Waals surface area contributed by atoms with Crippen LogP contribution in [0, 0.1) is 5.92 Å². The highest BCUT2D eigenvalue weighted by molar-refractivity contribution is 6.20. The maximum Gasteiger partial charge on any atom is 0.261 e. The van der Waals surface area contributed by atoms with Crippen LogP contribution in [0.5, 0.6) is 0 Å². The molecule has 0 aliphatic heterocycles. The SMILES string of the molecule is CCC(Cl)c1nc2ccccc2c(=O)n1C(CC)C(C)C. The molecule has 1 heterocycles. The first-order valence-electron chi connectivity index (χ1n) is 7.66. The maximum atomic E-state index is 12.9. The van der Waals surface area contributed by atoms with Crippen LogP contribution in [-0.4, -0.2) is 9.55 Å². The molecular weight excluding hydrogens is 284 g/mol. The van der Waals surface area contributed by atoms with E-state index in [2.05, 4.69) is 25.8 Å². The van der Waals surface area contributed by atoms with E-state index in [-0.39, 0.29) is 17.0 Å². The van der Waals surface area contributed by atoms with E-state index in [1.54, 1.807) is 0 Å². The Bertz CT molecular complexity index is 678. The third kappa shape index (κ3) is 2.98. The third-order valence-electron chi connectivity index (χ3n) is 3.99. The van der Waals surface area contributed by atoms with Gasteiger partial charge < -0.3 is 0 Å². The Hall–Kier alpha value is -1.35. The van der Waals surface area contributed by atoms with E-state index in [1.807, 2.05) is 35.8 Å². The van der Waals surface area contributed by atoms with E-state index in [0.29, 0.717) is 17.1 Å². The molecule has 0 radical (unpaired) electrons. The van der Waals surface area contributed by atoms with Crippen molar-refractivity contribution in [3.8, 4) is 0 Å². The summed E-state index contributed by atoms with van der Waals surface area (Å²) >= 11 is 6.45. The second-order valence-corrected chi connectivity index (χ2v) is 6.28. The Morgan fingerprint density at radius 3 is 2.43 bits per heavy atom. The topological polar surface area (TPSA) is 34.9 Å². The van der Waals surface area contributed by atoms with E-state index in [4.69, 9.17) is 11.6 Å². The number of hydrogen-bond acceptors (Lipinski definition) is 2. The van der Waals surface area contributed by atoms with Gasteiger partial charge in [-0.1, -0.05) is 39.8 Å². The Balaban J connectivity index is 2.81. The number of benzene rings is 1. The quantitative estimate of drug-likeness (QED) is 0.751. The molecule has 4 heteroatoms. The van der Waals surface area contributed by atoms with Gasteiger partial charge in [-0.15, -0.1) is 11.6 Å².